The molecule has 0 atom stereocenters. The Balaban J connectivity index is 2.37. The van der Waals surface area contributed by atoms with Crippen LogP contribution in [0.15, 0.2) is 18.2 Å². The van der Waals surface area contributed by atoms with Gasteiger partial charge in [-0.1, -0.05) is 9.95 Å². The van der Waals surface area contributed by atoms with Gasteiger partial charge in [0.25, 0.3) is 0 Å². The monoisotopic (exact) mass is 226 g/mol. The Bertz CT molecular complexity index is 548. The predicted octanol–water partition coefficient (Wildman–Crippen LogP) is 1.09. The molecule has 1 aromatic carbocycles. The van der Waals surface area contributed by atoms with Crippen LogP contribution >= 0.6 is 0 Å². The van der Waals surface area contributed by atoms with E-state index in [1.54, 1.807) is 18.2 Å². The second-order valence-electron chi connectivity index (χ2n) is 3.31. The molecule has 0 aliphatic carbocycles. The van der Waals surface area contributed by atoms with E-state index in [1.165, 1.54) is 0 Å². The van der Waals surface area contributed by atoms with E-state index in [2.05, 4.69) is 0 Å². The zero-order valence-electron chi connectivity index (χ0n) is 7.64. The molecule has 0 saturated heterocycles. The molecule has 0 saturated carbocycles. The average molecular weight is 226 g/mol. The van der Waals surface area contributed by atoms with E-state index in [0.717, 1.165) is 9.87 Å². The van der Waals surface area contributed by atoms with Gasteiger partial charge in [-0.3, -0.25) is 0 Å². The third kappa shape index (κ3) is 1.84. The van der Waals surface area contributed by atoms with Crippen LogP contribution in [0.4, 0.5) is 3.89 Å². The van der Waals surface area contributed by atoms with Gasteiger partial charge in [0.1, 0.15) is 0 Å². The van der Waals surface area contributed by atoms with Gasteiger partial charge in [-0.25, -0.2) is 0 Å². The second kappa shape index (κ2) is 3.29. The van der Waals surface area contributed by atoms with E-state index in [-0.39, 0.29) is 13.1 Å². The molecule has 1 aliphatic rings. The van der Waals surface area contributed by atoms with Crippen LogP contribution < -0.4 is 0 Å². The zero-order chi connectivity index (χ0) is 11.1. The molecule has 15 heavy (non-hydrogen) atoms. The normalized spacial score (nSPS) is 16.0. The lowest BCUT2D eigenvalue weighted by molar-refractivity contribution is 0.399. The molecule has 0 amide bonds. The van der Waals surface area contributed by atoms with Crippen molar-refractivity contribution in [3.63, 3.8) is 0 Å². The summed E-state index contributed by atoms with van der Waals surface area (Å²) < 4.78 is 34.7. The summed E-state index contributed by atoms with van der Waals surface area (Å²) in [6.45, 7) is 0.0452. The van der Waals surface area contributed by atoms with Gasteiger partial charge in [-0.15, -0.1) is 0 Å². The molecule has 0 radical (unpaired) electrons. The van der Waals surface area contributed by atoms with E-state index in [4.69, 9.17) is 5.26 Å². The van der Waals surface area contributed by atoms with Crippen molar-refractivity contribution < 1.29 is 12.3 Å². The third-order valence-corrected chi connectivity index (χ3v) is 3.21. The Kier molecular flexibility index (Phi) is 2.21. The van der Waals surface area contributed by atoms with Crippen molar-refractivity contribution in [3.05, 3.63) is 34.9 Å². The van der Waals surface area contributed by atoms with Crippen LogP contribution in [-0.4, -0.2) is 12.7 Å². The predicted molar refractivity (Wildman–Crippen MR) is 50.4 cm³/mol. The van der Waals surface area contributed by atoms with Crippen LogP contribution in [0.1, 0.15) is 16.7 Å². The number of hydrogen-bond donors (Lipinski definition) is 0. The van der Waals surface area contributed by atoms with Gasteiger partial charge in [0.05, 0.1) is 11.6 Å². The molecule has 0 unspecified atom stereocenters. The molecule has 78 valence electrons. The van der Waals surface area contributed by atoms with Crippen molar-refractivity contribution in [2.24, 2.45) is 0 Å². The fourth-order valence-corrected chi connectivity index (χ4v) is 2.17. The highest BCUT2D eigenvalue weighted by Crippen LogP contribution is 2.26. The van der Waals surface area contributed by atoms with Crippen molar-refractivity contribution in [3.8, 4) is 6.07 Å². The smallest absolute Gasteiger partial charge is 0.192 e. The Labute approximate surface area is 86.9 Å². The maximum absolute atomic E-state index is 12.7. The van der Waals surface area contributed by atoms with Crippen molar-refractivity contribution in [2.75, 3.05) is 0 Å². The fraction of sp³-hybridized carbons (Fsp3) is 0.222. The van der Waals surface area contributed by atoms with Gasteiger partial charge in [-0.05, 0) is 23.3 Å². The molecule has 0 aromatic heterocycles. The van der Waals surface area contributed by atoms with Gasteiger partial charge in [0, 0.05) is 13.1 Å². The maximum atomic E-state index is 12.7. The highest BCUT2D eigenvalue weighted by molar-refractivity contribution is 7.83. The Morgan fingerprint density at radius 1 is 1.33 bits per heavy atom. The van der Waals surface area contributed by atoms with Crippen LogP contribution in [-0.2, 0) is 23.5 Å². The number of nitriles is 1. The molecule has 6 heteroatoms. The molecule has 0 bridgehead atoms. The summed E-state index contributed by atoms with van der Waals surface area (Å²) >= 11 is 0. The second-order valence-corrected chi connectivity index (χ2v) is 4.65. The van der Waals surface area contributed by atoms with Crippen LogP contribution in [0, 0.1) is 11.3 Å². The molecule has 0 N–H and O–H groups in total. The minimum Gasteiger partial charge on any atom is -0.192 e. The minimum absolute atomic E-state index is 0.00366. The number of hydrogen-bond acceptors (Lipinski definition) is 3. The lowest BCUT2D eigenvalue weighted by Gasteiger charge is -2.06. The van der Waals surface area contributed by atoms with E-state index in [0.29, 0.717) is 11.1 Å². The van der Waals surface area contributed by atoms with E-state index >= 15 is 0 Å². The van der Waals surface area contributed by atoms with Gasteiger partial charge in [0.15, 0.2) is 0 Å². The molecule has 4 nitrogen and oxygen atoms in total. The van der Waals surface area contributed by atoms with Gasteiger partial charge >= 0.3 is 10.4 Å². The summed E-state index contributed by atoms with van der Waals surface area (Å²) in [5.74, 6) is 0. The fourth-order valence-electron chi connectivity index (χ4n) is 1.59. The van der Waals surface area contributed by atoms with Crippen LogP contribution in [0.5, 0.6) is 0 Å². The van der Waals surface area contributed by atoms with E-state index < -0.39 is 10.4 Å². The standard InChI is InChI=1S/C9H7FN2O2S/c10-15(13,14)12-5-8-2-1-7(4-11)3-9(8)6-12/h1-3H,5-6H2. The number of fused-ring (bicyclic) bond motifs is 1. The zero-order valence-corrected chi connectivity index (χ0v) is 8.46. The lowest BCUT2D eigenvalue weighted by Crippen LogP contribution is -2.20. The first-order valence-electron chi connectivity index (χ1n) is 4.22. The topological polar surface area (TPSA) is 61.2 Å². The first-order valence-corrected chi connectivity index (χ1v) is 5.56. The van der Waals surface area contributed by atoms with Crippen LogP contribution in [0.25, 0.3) is 0 Å². The van der Waals surface area contributed by atoms with E-state index in [1.807, 2.05) is 6.07 Å². The number of nitrogens with zero attached hydrogens (tertiary/aromatic N) is 2. The van der Waals surface area contributed by atoms with Crippen molar-refractivity contribution >= 4 is 10.4 Å². The molecule has 0 spiro atoms. The summed E-state index contributed by atoms with van der Waals surface area (Å²) in [5, 5.41) is 8.64. The SMILES string of the molecule is N#Cc1ccc2c(c1)CN(S(=O)(=O)F)C2. The van der Waals surface area contributed by atoms with Crippen LogP contribution in [0.3, 0.4) is 0 Å². The highest BCUT2D eigenvalue weighted by atomic mass is 32.3. The number of rotatable bonds is 1. The van der Waals surface area contributed by atoms with Gasteiger partial charge in [0.2, 0.25) is 0 Å². The van der Waals surface area contributed by atoms with Gasteiger partial charge < -0.3 is 0 Å². The lowest BCUT2D eigenvalue weighted by atomic mass is 10.1. The third-order valence-electron chi connectivity index (χ3n) is 2.34. The van der Waals surface area contributed by atoms with Crippen molar-refractivity contribution in [2.45, 2.75) is 13.1 Å². The molecular weight excluding hydrogens is 219 g/mol. The highest BCUT2D eigenvalue weighted by Gasteiger charge is 2.28. The van der Waals surface area contributed by atoms with E-state index in [9.17, 15) is 12.3 Å². The van der Waals surface area contributed by atoms with Crippen molar-refractivity contribution in [1.29, 1.82) is 5.26 Å². The Morgan fingerprint density at radius 3 is 2.60 bits per heavy atom. The summed E-state index contributed by atoms with van der Waals surface area (Å²) in [5.41, 5.74) is 1.89. The van der Waals surface area contributed by atoms with Crippen molar-refractivity contribution in [1.82, 2.24) is 4.31 Å². The minimum atomic E-state index is -4.64. The summed E-state index contributed by atoms with van der Waals surface area (Å²) in [6, 6.07) is 6.77. The number of benzene rings is 1. The molecule has 1 aliphatic heterocycles. The summed E-state index contributed by atoms with van der Waals surface area (Å²) in [4.78, 5) is 0. The molecule has 1 heterocycles. The Hall–Kier alpha value is -1.45. The first-order chi connectivity index (χ1) is 7.00. The largest absolute Gasteiger partial charge is 0.375 e. The maximum Gasteiger partial charge on any atom is 0.375 e. The average Bonchev–Trinajstić information content (AvgIpc) is 2.59. The van der Waals surface area contributed by atoms with Crippen LogP contribution in [0.2, 0.25) is 0 Å². The molecule has 2 rings (SSSR count). The molecule has 0 fully saturated rings. The van der Waals surface area contributed by atoms with Gasteiger partial charge in [-0.2, -0.15) is 18.0 Å². The summed E-state index contributed by atoms with van der Waals surface area (Å²) in [7, 11) is -4.64. The quantitative estimate of drug-likeness (QED) is 0.673. The molecular formula is C9H7FN2O2S. The summed E-state index contributed by atoms with van der Waals surface area (Å²) in [6.07, 6.45) is 0. The Morgan fingerprint density at radius 2 is 2.00 bits per heavy atom. The number of halogens is 1. The molecule has 1 aromatic rings. The first kappa shape index (κ1) is 10.1.